The molecule has 0 bridgehead atoms. The summed E-state index contributed by atoms with van der Waals surface area (Å²) in [6.07, 6.45) is 0. The van der Waals surface area contributed by atoms with E-state index in [1.165, 1.54) is 0 Å². The van der Waals surface area contributed by atoms with Gasteiger partial charge in [-0.2, -0.15) is 0 Å². The molecule has 4 rings (SSSR count). The topological polar surface area (TPSA) is 139 Å². The van der Waals surface area contributed by atoms with E-state index in [0.29, 0.717) is 11.1 Å². The maximum absolute atomic E-state index is 13.6. The zero-order valence-corrected chi connectivity index (χ0v) is 21.9. The predicted octanol–water partition coefficient (Wildman–Crippen LogP) is 2.04. The molecule has 2 amide bonds. The molecule has 38 heavy (non-hydrogen) atoms. The first kappa shape index (κ1) is 27.3. The highest BCUT2D eigenvalue weighted by Crippen LogP contribution is 2.55. The molecule has 0 aliphatic carbocycles. The summed E-state index contributed by atoms with van der Waals surface area (Å²) in [5, 5.41) is 29.6. The zero-order valence-electron chi connectivity index (χ0n) is 21.9. The first-order chi connectivity index (χ1) is 18.1. The fraction of sp³-hybridized carbons (Fsp3) is 0.429. The zero-order chi connectivity index (χ0) is 27.7. The molecule has 4 N–H and O–H groups in total. The van der Waals surface area contributed by atoms with Crippen LogP contribution >= 0.6 is 0 Å². The Hall–Kier alpha value is -3.76. The van der Waals surface area contributed by atoms with E-state index in [-0.39, 0.29) is 13.1 Å². The molecule has 10 nitrogen and oxygen atoms in total. The summed E-state index contributed by atoms with van der Waals surface area (Å²) in [7, 11) is 0. The summed E-state index contributed by atoms with van der Waals surface area (Å²) in [5.41, 5.74) is 3.09. The van der Waals surface area contributed by atoms with Gasteiger partial charge in [0.25, 0.3) is 0 Å². The number of hydrogen-bond acceptors (Lipinski definition) is 6. The Bertz CT molecular complexity index is 1120. The first-order valence-corrected chi connectivity index (χ1v) is 12.8. The van der Waals surface area contributed by atoms with Crippen molar-refractivity contribution < 1.29 is 29.4 Å². The first-order valence-electron chi connectivity index (χ1n) is 12.8. The van der Waals surface area contributed by atoms with Crippen LogP contribution in [-0.2, 0) is 19.2 Å². The van der Waals surface area contributed by atoms with E-state index in [0.717, 1.165) is 11.1 Å². The number of aliphatic carboxylic acids is 2. The molecule has 2 heterocycles. The van der Waals surface area contributed by atoms with E-state index >= 15 is 0 Å². The number of carbonyl (C=O) groups excluding carboxylic acids is 2. The molecule has 0 radical (unpaired) electrons. The summed E-state index contributed by atoms with van der Waals surface area (Å²) in [5.74, 6) is -5.99. The number of hydrazine groups is 1. The van der Waals surface area contributed by atoms with Crippen molar-refractivity contribution in [2.24, 2.45) is 11.8 Å². The van der Waals surface area contributed by atoms with Crippen molar-refractivity contribution in [2.45, 2.75) is 51.9 Å². The second-order valence-electron chi connectivity index (χ2n) is 9.88. The minimum absolute atomic E-state index is 0.266. The number of fused-ring (bicyclic) bond motifs is 1. The monoisotopic (exact) mass is 522 g/mol. The van der Waals surface area contributed by atoms with Crippen LogP contribution in [0.1, 0.15) is 48.2 Å². The highest BCUT2D eigenvalue weighted by atomic mass is 16.4. The molecule has 0 saturated carbocycles. The van der Waals surface area contributed by atoms with Crippen LogP contribution in [0.5, 0.6) is 0 Å². The molecule has 2 aromatic rings. The highest BCUT2D eigenvalue weighted by molar-refractivity contribution is 5.92. The van der Waals surface area contributed by atoms with Crippen LogP contribution < -0.4 is 10.6 Å². The third kappa shape index (κ3) is 4.65. The maximum atomic E-state index is 13.6. The number of carboxylic acids is 2. The number of hydrogen-bond donors (Lipinski definition) is 4. The lowest BCUT2D eigenvalue weighted by Gasteiger charge is -2.33. The van der Waals surface area contributed by atoms with E-state index in [1.807, 2.05) is 38.1 Å². The number of carboxylic acid groups (broad SMARTS) is 2. The van der Waals surface area contributed by atoms with Gasteiger partial charge in [0.1, 0.15) is 23.9 Å². The molecule has 0 spiro atoms. The van der Waals surface area contributed by atoms with Gasteiger partial charge in [-0.15, -0.1) is 0 Å². The van der Waals surface area contributed by atoms with Crippen LogP contribution in [-0.4, -0.2) is 69.2 Å². The van der Waals surface area contributed by atoms with Crippen molar-refractivity contribution in [3.63, 3.8) is 0 Å². The van der Waals surface area contributed by atoms with E-state index in [4.69, 9.17) is 0 Å². The number of amides is 2. The number of aryl methyl sites for hydroxylation is 2. The van der Waals surface area contributed by atoms with Crippen molar-refractivity contribution in [1.29, 1.82) is 0 Å². The molecule has 2 aliphatic rings. The Kier molecular flexibility index (Phi) is 7.84. The molecule has 0 unspecified atom stereocenters. The van der Waals surface area contributed by atoms with Crippen LogP contribution in [0.2, 0.25) is 0 Å². The molecule has 2 aromatic carbocycles. The number of nitrogens with one attached hydrogen (secondary N) is 2. The van der Waals surface area contributed by atoms with Crippen molar-refractivity contribution in [1.82, 2.24) is 20.7 Å². The molecular formula is C28H34N4O6. The number of nitrogens with zero attached hydrogens (tertiary/aromatic N) is 2. The quantitative estimate of drug-likeness (QED) is 0.413. The summed E-state index contributed by atoms with van der Waals surface area (Å²) in [4.78, 5) is 52.8. The fourth-order valence-electron chi connectivity index (χ4n) is 5.84. The standard InChI is InChI=1S/C28H34N4O6/c1-5-29-25(33)23-19(27(35)36)21(17-11-7-15(3)8-12-17)32-24(26(34)30-6-2)20(28(37)38)22(31(23)32)18-13-9-16(4)10-14-18/h7-14,19-24H,5-6H2,1-4H3,(H,29,33)(H,30,34)(H,35,36)(H,37,38)/t19-,20+,21+,22-,23-,24-/m0/s1. The van der Waals surface area contributed by atoms with Crippen LogP contribution in [0.3, 0.4) is 0 Å². The van der Waals surface area contributed by atoms with Gasteiger partial charge < -0.3 is 20.8 Å². The lowest BCUT2D eigenvalue weighted by Crippen LogP contribution is -2.51. The van der Waals surface area contributed by atoms with Gasteiger partial charge in [-0.1, -0.05) is 59.7 Å². The number of carbonyl (C=O) groups is 4. The van der Waals surface area contributed by atoms with Crippen LogP contribution in [0.4, 0.5) is 0 Å². The molecule has 202 valence electrons. The fourth-order valence-corrected chi connectivity index (χ4v) is 5.84. The van der Waals surface area contributed by atoms with Gasteiger partial charge in [0.2, 0.25) is 11.8 Å². The number of rotatable bonds is 8. The summed E-state index contributed by atoms with van der Waals surface area (Å²) < 4.78 is 0. The highest BCUT2D eigenvalue weighted by Gasteiger charge is 2.67. The third-order valence-electron chi connectivity index (χ3n) is 7.41. The normalized spacial score (nSPS) is 27.1. The molecule has 2 aliphatic heterocycles. The van der Waals surface area contributed by atoms with Gasteiger partial charge in [0, 0.05) is 13.1 Å². The van der Waals surface area contributed by atoms with Crippen molar-refractivity contribution in [3.05, 3.63) is 70.8 Å². The summed E-state index contributed by atoms with van der Waals surface area (Å²) in [6, 6.07) is 10.0. The largest absolute Gasteiger partial charge is 0.481 e. The Morgan fingerprint density at radius 1 is 0.658 bits per heavy atom. The Balaban J connectivity index is 2.02. The number of benzene rings is 2. The van der Waals surface area contributed by atoms with Crippen molar-refractivity contribution in [3.8, 4) is 0 Å². The summed E-state index contributed by atoms with van der Waals surface area (Å²) in [6.45, 7) is 7.80. The Morgan fingerprint density at radius 3 is 1.24 bits per heavy atom. The van der Waals surface area contributed by atoms with Gasteiger partial charge in [0.05, 0.1) is 12.1 Å². The molecule has 2 fully saturated rings. The number of likely N-dealkylation sites (N-methyl/N-ethyl adjacent to an activating group) is 2. The minimum Gasteiger partial charge on any atom is -0.481 e. The van der Waals surface area contributed by atoms with Gasteiger partial charge in [-0.05, 0) is 38.8 Å². The summed E-state index contributed by atoms with van der Waals surface area (Å²) >= 11 is 0. The van der Waals surface area contributed by atoms with E-state index in [9.17, 15) is 29.4 Å². The van der Waals surface area contributed by atoms with E-state index < -0.39 is 59.8 Å². The molecular weight excluding hydrogens is 488 g/mol. The molecule has 6 atom stereocenters. The van der Waals surface area contributed by atoms with Gasteiger partial charge in [-0.25, -0.2) is 10.0 Å². The predicted molar refractivity (Wildman–Crippen MR) is 139 cm³/mol. The second kappa shape index (κ2) is 10.9. The van der Waals surface area contributed by atoms with Crippen molar-refractivity contribution >= 4 is 23.8 Å². The van der Waals surface area contributed by atoms with Gasteiger partial charge >= 0.3 is 11.9 Å². The lowest BCUT2D eigenvalue weighted by molar-refractivity contribution is -0.148. The Labute approximate surface area is 221 Å². The minimum atomic E-state index is -1.26. The van der Waals surface area contributed by atoms with Crippen LogP contribution in [0.25, 0.3) is 0 Å². The average Bonchev–Trinajstić information content (AvgIpc) is 3.38. The third-order valence-corrected chi connectivity index (χ3v) is 7.41. The van der Waals surface area contributed by atoms with Gasteiger partial charge in [-0.3, -0.25) is 19.2 Å². The lowest BCUT2D eigenvalue weighted by atomic mass is 9.81. The Morgan fingerprint density at radius 2 is 0.974 bits per heavy atom. The van der Waals surface area contributed by atoms with Gasteiger partial charge in [0.15, 0.2) is 0 Å². The molecule has 10 heteroatoms. The molecule has 0 aromatic heterocycles. The van der Waals surface area contributed by atoms with E-state index in [1.54, 1.807) is 48.1 Å². The smallest absolute Gasteiger partial charge is 0.310 e. The van der Waals surface area contributed by atoms with Crippen molar-refractivity contribution in [2.75, 3.05) is 13.1 Å². The maximum Gasteiger partial charge on any atom is 0.310 e. The van der Waals surface area contributed by atoms with Crippen LogP contribution in [0, 0.1) is 25.7 Å². The molecule has 2 saturated heterocycles. The van der Waals surface area contributed by atoms with E-state index in [2.05, 4.69) is 10.6 Å². The second-order valence-corrected chi connectivity index (χ2v) is 9.88. The average molecular weight is 523 g/mol. The van der Waals surface area contributed by atoms with Crippen LogP contribution in [0.15, 0.2) is 48.5 Å². The SMILES string of the molecule is CCNC(=O)[C@@H]1[C@H](C(=O)O)[C@H](c2ccc(C)cc2)N2[C@H](C(=O)NCC)[C@@H](C(=O)O)[C@@H](c3ccc(C)cc3)N12.